The molecule has 0 aliphatic heterocycles. The lowest BCUT2D eigenvalue weighted by Crippen LogP contribution is -2.05. The summed E-state index contributed by atoms with van der Waals surface area (Å²) in [5.41, 5.74) is 4.03. The summed E-state index contributed by atoms with van der Waals surface area (Å²) in [7, 11) is 0. The Morgan fingerprint density at radius 1 is 1.24 bits per heavy atom. The number of fused-ring (bicyclic) bond motifs is 1. The molecule has 150 valence electrons. The Kier molecular flexibility index (Phi) is 5.58. The van der Waals surface area contributed by atoms with Gasteiger partial charge in [0.1, 0.15) is 17.6 Å². The summed E-state index contributed by atoms with van der Waals surface area (Å²) in [6.07, 6.45) is 2.22. The standard InChI is InChI=1S/C23H22ClNO4/c1-14-21(25-23(28-14)16-3-6-18(24)7-4-16)11-12-27-19-8-9-20-17(13-19)5-10-22(20)29-15(2)26/h3-4,6-9,13,22H,5,10-12H2,1-2H3. The molecule has 1 aromatic heterocycles. The van der Waals surface area contributed by atoms with E-state index in [1.165, 1.54) is 12.5 Å². The highest BCUT2D eigenvalue weighted by Gasteiger charge is 2.25. The zero-order valence-corrected chi connectivity index (χ0v) is 17.2. The van der Waals surface area contributed by atoms with E-state index in [9.17, 15) is 4.79 Å². The SMILES string of the molecule is CC(=O)OC1CCc2cc(OCCc3nc(-c4ccc(Cl)cc4)oc3C)ccc21. The van der Waals surface area contributed by atoms with Gasteiger partial charge in [0.2, 0.25) is 5.89 Å². The van der Waals surface area contributed by atoms with Crippen LogP contribution >= 0.6 is 11.6 Å². The molecule has 0 fully saturated rings. The number of ether oxygens (including phenoxy) is 2. The Hall–Kier alpha value is -2.79. The predicted molar refractivity (Wildman–Crippen MR) is 110 cm³/mol. The van der Waals surface area contributed by atoms with Crippen LogP contribution in [-0.2, 0) is 22.4 Å². The normalized spacial score (nSPS) is 15.2. The van der Waals surface area contributed by atoms with E-state index in [1.54, 1.807) is 0 Å². The van der Waals surface area contributed by atoms with E-state index >= 15 is 0 Å². The van der Waals surface area contributed by atoms with E-state index in [4.69, 9.17) is 25.5 Å². The third kappa shape index (κ3) is 4.46. The summed E-state index contributed by atoms with van der Waals surface area (Å²) in [5, 5.41) is 0.680. The smallest absolute Gasteiger partial charge is 0.303 e. The lowest BCUT2D eigenvalue weighted by Gasteiger charge is -2.12. The molecule has 5 nitrogen and oxygen atoms in total. The largest absolute Gasteiger partial charge is 0.493 e. The Balaban J connectivity index is 1.37. The van der Waals surface area contributed by atoms with Crippen LogP contribution in [0.1, 0.15) is 42.0 Å². The third-order valence-corrected chi connectivity index (χ3v) is 5.29. The zero-order chi connectivity index (χ0) is 20.4. The summed E-state index contributed by atoms with van der Waals surface area (Å²) in [5.74, 6) is 1.94. The molecule has 1 aliphatic carbocycles. The second-order valence-electron chi connectivity index (χ2n) is 7.12. The number of nitrogens with zero attached hydrogens (tertiary/aromatic N) is 1. The van der Waals surface area contributed by atoms with Gasteiger partial charge >= 0.3 is 5.97 Å². The number of aryl methyl sites for hydroxylation is 2. The first-order chi connectivity index (χ1) is 14.0. The van der Waals surface area contributed by atoms with Gasteiger partial charge in [0.25, 0.3) is 0 Å². The molecule has 0 amide bonds. The average Bonchev–Trinajstić information content (AvgIpc) is 3.25. The minimum absolute atomic E-state index is 0.138. The highest BCUT2D eigenvalue weighted by atomic mass is 35.5. The Bertz CT molecular complexity index is 1030. The van der Waals surface area contributed by atoms with Crippen molar-refractivity contribution in [3.05, 3.63) is 70.1 Å². The summed E-state index contributed by atoms with van der Waals surface area (Å²) in [6.45, 7) is 3.85. The molecule has 3 aromatic rings. The van der Waals surface area contributed by atoms with Crippen LogP contribution in [0.5, 0.6) is 5.75 Å². The fraction of sp³-hybridized carbons (Fsp3) is 0.304. The molecule has 4 rings (SSSR count). The number of carbonyl (C=O) groups is 1. The second-order valence-corrected chi connectivity index (χ2v) is 7.56. The van der Waals surface area contributed by atoms with E-state index in [2.05, 4.69) is 4.98 Å². The first kappa shape index (κ1) is 19.5. The fourth-order valence-electron chi connectivity index (χ4n) is 3.61. The molecular weight excluding hydrogens is 390 g/mol. The maximum atomic E-state index is 11.2. The third-order valence-electron chi connectivity index (χ3n) is 5.04. The number of carbonyl (C=O) groups excluding carboxylic acids is 1. The van der Waals surface area contributed by atoms with Crippen LogP contribution in [-0.4, -0.2) is 17.6 Å². The summed E-state index contributed by atoms with van der Waals surface area (Å²) >= 11 is 5.94. The monoisotopic (exact) mass is 411 g/mol. The summed E-state index contributed by atoms with van der Waals surface area (Å²) in [6, 6.07) is 13.4. The second kappa shape index (κ2) is 8.29. The van der Waals surface area contributed by atoms with Gasteiger partial charge in [0.05, 0.1) is 12.3 Å². The van der Waals surface area contributed by atoms with Crippen molar-refractivity contribution in [2.45, 2.75) is 39.2 Å². The van der Waals surface area contributed by atoms with Gasteiger partial charge in [-0.05, 0) is 67.3 Å². The van der Waals surface area contributed by atoms with E-state index < -0.39 is 0 Å². The van der Waals surface area contributed by atoms with Gasteiger partial charge in [-0.15, -0.1) is 0 Å². The zero-order valence-electron chi connectivity index (χ0n) is 16.4. The molecule has 29 heavy (non-hydrogen) atoms. The number of rotatable bonds is 6. The van der Waals surface area contributed by atoms with Gasteiger partial charge in [0.15, 0.2) is 0 Å². The van der Waals surface area contributed by atoms with Gasteiger partial charge in [0, 0.05) is 23.9 Å². The van der Waals surface area contributed by atoms with Crippen molar-refractivity contribution in [1.82, 2.24) is 4.98 Å². The Morgan fingerprint density at radius 3 is 2.79 bits per heavy atom. The molecular formula is C23H22ClNO4. The molecule has 1 atom stereocenters. The first-order valence-corrected chi connectivity index (χ1v) is 10.0. The lowest BCUT2D eigenvalue weighted by molar-refractivity contribution is -0.146. The van der Waals surface area contributed by atoms with Crippen molar-refractivity contribution in [2.75, 3.05) is 6.61 Å². The van der Waals surface area contributed by atoms with Gasteiger partial charge in [-0.25, -0.2) is 4.98 Å². The van der Waals surface area contributed by atoms with Crippen LogP contribution in [0, 0.1) is 6.92 Å². The molecule has 0 saturated carbocycles. The minimum atomic E-state index is -0.246. The van der Waals surface area contributed by atoms with E-state index in [0.717, 1.165) is 41.2 Å². The van der Waals surface area contributed by atoms with Crippen LogP contribution in [0.3, 0.4) is 0 Å². The van der Waals surface area contributed by atoms with Crippen LogP contribution in [0.25, 0.3) is 11.5 Å². The van der Waals surface area contributed by atoms with Crippen LogP contribution in [0.2, 0.25) is 5.02 Å². The average molecular weight is 412 g/mol. The van der Waals surface area contributed by atoms with E-state index in [-0.39, 0.29) is 12.1 Å². The number of oxazole rings is 1. The molecule has 0 N–H and O–H groups in total. The summed E-state index contributed by atoms with van der Waals surface area (Å²) < 4.78 is 17.1. The molecule has 0 saturated heterocycles. The van der Waals surface area contributed by atoms with E-state index in [0.29, 0.717) is 23.9 Å². The molecule has 2 aromatic carbocycles. The Labute approximate surface area is 174 Å². The van der Waals surface area contributed by atoms with Crippen molar-refractivity contribution in [1.29, 1.82) is 0 Å². The fourth-order valence-corrected chi connectivity index (χ4v) is 3.73. The number of esters is 1. The topological polar surface area (TPSA) is 61.6 Å². The first-order valence-electron chi connectivity index (χ1n) is 9.64. The number of hydrogen-bond donors (Lipinski definition) is 0. The summed E-state index contributed by atoms with van der Waals surface area (Å²) in [4.78, 5) is 15.8. The number of benzene rings is 2. The predicted octanol–water partition coefficient (Wildman–Crippen LogP) is 5.48. The minimum Gasteiger partial charge on any atom is -0.493 e. The van der Waals surface area contributed by atoms with Crippen molar-refractivity contribution in [3.63, 3.8) is 0 Å². The molecule has 1 heterocycles. The molecule has 1 aliphatic rings. The van der Waals surface area contributed by atoms with Crippen molar-refractivity contribution in [3.8, 4) is 17.2 Å². The molecule has 0 spiro atoms. The Morgan fingerprint density at radius 2 is 2.03 bits per heavy atom. The van der Waals surface area contributed by atoms with Gasteiger partial charge in [-0.1, -0.05) is 17.7 Å². The van der Waals surface area contributed by atoms with Crippen molar-refractivity contribution in [2.24, 2.45) is 0 Å². The van der Waals surface area contributed by atoms with Crippen LogP contribution < -0.4 is 4.74 Å². The number of aromatic nitrogens is 1. The highest BCUT2D eigenvalue weighted by molar-refractivity contribution is 6.30. The highest BCUT2D eigenvalue weighted by Crippen LogP contribution is 2.36. The van der Waals surface area contributed by atoms with Crippen LogP contribution in [0.4, 0.5) is 0 Å². The maximum Gasteiger partial charge on any atom is 0.303 e. The lowest BCUT2D eigenvalue weighted by atomic mass is 10.1. The quantitative estimate of drug-likeness (QED) is 0.503. The van der Waals surface area contributed by atoms with Crippen molar-refractivity contribution < 1.29 is 18.7 Å². The van der Waals surface area contributed by atoms with Gasteiger partial charge in [-0.2, -0.15) is 0 Å². The number of halogens is 1. The molecule has 6 heteroatoms. The molecule has 0 bridgehead atoms. The van der Waals surface area contributed by atoms with Gasteiger partial charge in [-0.3, -0.25) is 4.79 Å². The maximum absolute atomic E-state index is 11.2. The van der Waals surface area contributed by atoms with Crippen molar-refractivity contribution >= 4 is 17.6 Å². The molecule has 1 unspecified atom stereocenters. The molecule has 0 radical (unpaired) electrons. The number of hydrogen-bond acceptors (Lipinski definition) is 5. The van der Waals surface area contributed by atoms with E-state index in [1.807, 2.05) is 49.4 Å². The van der Waals surface area contributed by atoms with Gasteiger partial charge < -0.3 is 13.9 Å². The van der Waals surface area contributed by atoms with Crippen LogP contribution in [0.15, 0.2) is 46.9 Å².